The van der Waals surface area contributed by atoms with Gasteiger partial charge in [0.05, 0.1) is 11.9 Å². The Kier molecular flexibility index (Phi) is 3.82. The van der Waals surface area contributed by atoms with E-state index in [0.29, 0.717) is 11.7 Å². The molecule has 0 saturated heterocycles. The molecule has 2 aromatic rings. The van der Waals surface area contributed by atoms with Crippen LogP contribution in [0, 0.1) is 6.92 Å². The Morgan fingerprint density at radius 3 is 2.65 bits per heavy atom. The first-order chi connectivity index (χ1) is 8.22. The summed E-state index contributed by atoms with van der Waals surface area (Å²) in [5.74, 6) is 0. The second kappa shape index (κ2) is 5.34. The van der Waals surface area contributed by atoms with Crippen LogP contribution >= 0.6 is 11.6 Å². The molecule has 2 rings (SSSR count). The van der Waals surface area contributed by atoms with Gasteiger partial charge >= 0.3 is 0 Å². The van der Waals surface area contributed by atoms with Crippen molar-refractivity contribution < 1.29 is 0 Å². The molecule has 0 aliphatic rings. The lowest BCUT2D eigenvalue weighted by molar-refractivity contribution is 0.831. The van der Waals surface area contributed by atoms with Crippen molar-refractivity contribution in [1.29, 1.82) is 0 Å². The molecular weight excluding hydrogens is 234 g/mol. The molecule has 3 nitrogen and oxygen atoms in total. The summed E-state index contributed by atoms with van der Waals surface area (Å²) in [7, 11) is 0. The van der Waals surface area contributed by atoms with Crippen LogP contribution in [0.15, 0.2) is 30.5 Å². The number of hydrogen-bond donors (Lipinski definition) is 1. The fourth-order valence-electron chi connectivity index (χ4n) is 1.69. The summed E-state index contributed by atoms with van der Waals surface area (Å²) < 4.78 is 1.76. The van der Waals surface area contributed by atoms with Gasteiger partial charge in [-0.2, -0.15) is 5.10 Å². The van der Waals surface area contributed by atoms with Gasteiger partial charge in [0.25, 0.3) is 0 Å². The van der Waals surface area contributed by atoms with Gasteiger partial charge in [-0.25, -0.2) is 4.68 Å². The molecule has 1 aromatic carbocycles. The Bertz CT molecular complexity index is 488. The van der Waals surface area contributed by atoms with E-state index < -0.39 is 0 Å². The Balaban J connectivity index is 2.27. The normalized spacial score (nSPS) is 10.8. The molecule has 0 radical (unpaired) electrons. The van der Waals surface area contributed by atoms with E-state index in [1.165, 1.54) is 5.56 Å². The van der Waals surface area contributed by atoms with Crippen molar-refractivity contribution in [1.82, 2.24) is 9.78 Å². The van der Waals surface area contributed by atoms with Gasteiger partial charge in [-0.1, -0.05) is 29.3 Å². The molecule has 0 amide bonds. The summed E-state index contributed by atoms with van der Waals surface area (Å²) in [5.41, 5.74) is 8.75. The monoisotopic (exact) mass is 249 g/mol. The summed E-state index contributed by atoms with van der Waals surface area (Å²) in [5, 5.41) is 5.00. The molecule has 0 atom stereocenters. The van der Waals surface area contributed by atoms with Crippen LogP contribution in [-0.2, 0) is 6.42 Å². The molecule has 1 heterocycles. The minimum Gasteiger partial charge on any atom is -0.330 e. The van der Waals surface area contributed by atoms with Crippen molar-refractivity contribution in [2.75, 3.05) is 6.54 Å². The number of aromatic nitrogens is 2. The van der Waals surface area contributed by atoms with Crippen LogP contribution < -0.4 is 5.73 Å². The number of rotatable bonds is 4. The van der Waals surface area contributed by atoms with Gasteiger partial charge < -0.3 is 5.73 Å². The smallest absolute Gasteiger partial charge is 0.136 e. The number of aryl methyl sites for hydroxylation is 2. The maximum absolute atomic E-state index is 6.29. The van der Waals surface area contributed by atoms with Gasteiger partial charge in [-0.05, 0) is 38.4 Å². The predicted octanol–water partition coefficient (Wildman–Crippen LogP) is 2.73. The van der Waals surface area contributed by atoms with Gasteiger partial charge in [0.15, 0.2) is 0 Å². The largest absolute Gasteiger partial charge is 0.330 e. The number of benzene rings is 1. The van der Waals surface area contributed by atoms with E-state index in [0.717, 1.165) is 24.1 Å². The maximum Gasteiger partial charge on any atom is 0.136 e. The lowest BCUT2D eigenvalue weighted by atomic mass is 10.2. The molecular formula is C13H16ClN3. The summed E-state index contributed by atoms with van der Waals surface area (Å²) in [4.78, 5) is 0. The molecule has 1 aromatic heterocycles. The zero-order valence-corrected chi connectivity index (χ0v) is 10.6. The highest BCUT2D eigenvalue weighted by Crippen LogP contribution is 2.21. The van der Waals surface area contributed by atoms with Gasteiger partial charge in [0, 0.05) is 5.56 Å². The first-order valence-electron chi connectivity index (χ1n) is 5.72. The van der Waals surface area contributed by atoms with Crippen molar-refractivity contribution >= 4 is 11.6 Å². The molecule has 2 N–H and O–H groups in total. The van der Waals surface area contributed by atoms with Crippen LogP contribution in [0.2, 0.25) is 5.15 Å². The van der Waals surface area contributed by atoms with Crippen molar-refractivity contribution in [2.45, 2.75) is 19.8 Å². The molecule has 4 heteroatoms. The van der Waals surface area contributed by atoms with E-state index in [2.05, 4.69) is 12.0 Å². The molecule has 17 heavy (non-hydrogen) atoms. The minimum atomic E-state index is 0.673. The third kappa shape index (κ3) is 2.68. The van der Waals surface area contributed by atoms with Gasteiger partial charge in [0.1, 0.15) is 5.15 Å². The van der Waals surface area contributed by atoms with Crippen LogP contribution in [0.25, 0.3) is 5.69 Å². The molecule has 0 bridgehead atoms. The fourth-order valence-corrected chi connectivity index (χ4v) is 1.98. The quantitative estimate of drug-likeness (QED) is 0.906. The highest BCUT2D eigenvalue weighted by atomic mass is 35.5. The number of hydrogen-bond acceptors (Lipinski definition) is 2. The fraction of sp³-hybridized carbons (Fsp3) is 0.308. The molecule has 0 aliphatic carbocycles. The molecule has 90 valence electrons. The first-order valence-corrected chi connectivity index (χ1v) is 6.09. The van der Waals surface area contributed by atoms with Crippen molar-refractivity contribution in [2.24, 2.45) is 5.73 Å². The number of nitrogens with two attached hydrogens (primary N) is 1. The average Bonchev–Trinajstić information content (AvgIpc) is 2.69. The molecule has 0 spiro atoms. The van der Waals surface area contributed by atoms with Crippen LogP contribution in [0.3, 0.4) is 0 Å². The molecule has 0 aliphatic heterocycles. The van der Waals surface area contributed by atoms with Crippen molar-refractivity contribution in [3.05, 3.63) is 46.7 Å². The highest BCUT2D eigenvalue weighted by molar-refractivity contribution is 6.30. The SMILES string of the molecule is Cc1ccc(-n2ncc(CCCN)c2Cl)cc1. The van der Waals surface area contributed by atoms with Gasteiger partial charge in [0.2, 0.25) is 0 Å². The Hall–Kier alpha value is -1.32. The molecule has 0 unspecified atom stereocenters. The number of halogens is 1. The molecule has 0 saturated carbocycles. The second-order valence-electron chi connectivity index (χ2n) is 4.10. The first kappa shape index (κ1) is 12.1. The van der Waals surface area contributed by atoms with E-state index in [9.17, 15) is 0 Å². The van der Waals surface area contributed by atoms with Crippen LogP contribution in [0.5, 0.6) is 0 Å². The van der Waals surface area contributed by atoms with Gasteiger partial charge in [-0.15, -0.1) is 0 Å². The van der Waals surface area contributed by atoms with Crippen molar-refractivity contribution in [3.63, 3.8) is 0 Å². The topological polar surface area (TPSA) is 43.8 Å². The van der Waals surface area contributed by atoms with E-state index in [-0.39, 0.29) is 0 Å². The summed E-state index contributed by atoms with van der Waals surface area (Å²) in [6, 6.07) is 8.13. The Labute approximate surface area is 106 Å². The highest BCUT2D eigenvalue weighted by Gasteiger charge is 2.09. The second-order valence-corrected chi connectivity index (χ2v) is 4.46. The standard InChI is InChI=1S/C13H16ClN3/c1-10-4-6-12(7-5-10)17-13(14)11(9-16-17)3-2-8-15/h4-7,9H,2-3,8,15H2,1H3. The van der Waals surface area contributed by atoms with E-state index in [1.54, 1.807) is 4.68 Å². The van der Waals surface area contributed by atoms with E-state index in [4.69, 9.17) is 17.3 Å². The third-order valence-corrected chi connectivity index (χ3v) is 3.11. The van der Waals surface area contributed by atoms with Gasteiger partial charge in [-0.3, -0.25) is 0 Å². The van der Waals surface area contributed by atoms with E-state index >= 15 is 0 Å². The maximum atomic E-state index is 6.29. The Morgan fingerprint density at radius 1 is 1.29 bits per heavy atom. The lowest BCUT2D eigenvalue weighted by Gasteiger charge is -2.04. The zero-order chi connectivity index (χ0) is 12.3. The van der Waals surface area contributed by atoms with Crippen LogP contribution in [-0.4, -0.2) is 16.3 Å². The minimum absolute atomic E-state index is 0.673. The molecule has 0 fully saturated rings. The zero-order valence-electron chi connectivity index (χ0n) is 9.86. The lowest BCUT2D eigenvalue weighted by Crippen LogP contribution is -2.00. The van der Waals surface area contributed by atoms with E-state index in [1.807, 2.05) is 30.5 Å². The Morgan fingerprint density at radius 2 is 2.00 bits per heavy atom. The summed E-state index contributed by atoms with van der Waals surface area (Å²) in [6.45, 7) is 2.73. The average molecular weight is 250 g/mol. The summed E-state index contributed by atoms with van der Waals surface area (Å²) in [6.07, 6.45) is 3.62. The predicted molar refractivity (Wildman–Crippen MR) is 70.7 cm³/mol. The van der Waals surface area contributed by atoms with Crippen LogP contribution in [0.1, 0.15) is 17.5 Å². The number of nitrogens with zero attached hydrogens (tertiary/aromatic N) is 2. The third-order valence-electron chi connectivity index (χ3n) is 2.71. The van der Waals surface area contributed by atoms with Crippen molar-refractivity contribution in [3.8, 4) is 5.69 Å². The van der Waals surface area contributed by atoms with Crippen LogP contribution in [0.4, 0.5) is 0 Å². The summed E-state index contributed by atoms with van der Waals surface area (Å²) >= 11 is 6.29.